The predicted molar refractivity (Wildman–Crippen MR) is 106 cm³/mol. The minimum absolute atomic E-state index is 0. The molecule has 0 bridgehead atoms. The minimum Gasteiger partial charge on any atom is -0.466 e. The van der Waals surface area contributed by atoms with Crippen LogP contribution >= 0.6 is 0 Å². The number of carbonyl (C=O) groups is 1. The van der Waals surface area contributed by atoms with Gasteiger partial charge < -0.3 is 14.6 Å². The van der Waals surface area contributed by atoms with Crippen molar-refractivity contribution in [2.45, 2.75) is 122 Å². The molecule has 0 aromatic rings. The largest absolute Gasteiger partial charge is 0.466 e. The Morgan fingerprint density at radius 1 is 0.786 bits per heavy atom. The number of aliphatic hydroxyl groups excluding tert-OH is 1. The molecule has 1 aliphatic rings. The van der Waals surface area contributed by atoms with E-state index in [9.17, 15) is 4.79 Å². The second kappa shape index (κ2) is 23.3. The number of aliphatic hydroxyl groups is 1. The van der Waals surface area contributed by atoms with Crippen molar-refractivity contribution in [1.82, 2.24) is 0 Å². The minimum atomic E-state index is -0.0909. The monoisotopic (exact) mass is 548 g/mol. The number of ether oxygens (including phenoxy) is 2. The van der Waals surface area contributed by atoms with Crippen molar-refractivity contribution >= 4 is 5.97 Å². The SMILES string of the molecule is CCCCCCCCC1OC1CCCCCCCC(=O)OCCCCO.[Y].[Y]. The summed E-state index contributed by atoms with van der Waals surface area (Å²) in [6, 6.07) is 0. The number of carbonyl (C=O) groups excluding carboxylic acids is 1. The van der Waals surface area contributed by atoms with Gasteiger partial charge in [-0.3, -0.25) is 4.79 Å². The molecule has 0 aromatic carbocycles. The van der Waals surface area contributed by atoms with Crippen molar-refractivity contribution in [3.05, 3.63) is 0 Å². The van der Waals surface area contributed by atoms with Gasteiger partial charge in [-0.05, 0) is 32.1 Å². The molecule has 160 valence electrons. The average Bonchev–Trinajstić information content (AvgIpc) is 3.39. The summed E-state index contributed by atoms with van der Waals surface area (Å²) in [5.41, 5.74) is 0. The van der Waals surface area contributed by atoms with E-state index in [1.54, 1.807) is 0 Å². The molecule has 1 saturated heterocycles. The van der Waals surface area contributed by atoms with Gasteiger partial charge in [-0.2, -0.15) is 0 Å². The molecule has 1 rings (SSSR count). The van der Waals surface area contributed by atoms with E-state index in [1.807, 2.05) is 0 Å². The van der Waals surface area contributed by atoms with E-state index in [0.717, 1.165) is 19.3 Å². The molecule has 0 aliphatic carbocycles. The zero-order valence-electron chi connectivity index (χ0n) is 18.2. The molecule has 1 fully saturated rings. The Morgan fingerprint density at radius 3 is 1.89 bits per heavy atom. The van der Waals surface area contributed by atoms with Crippen molar-refractivity contribution in [3.63, 3.8) is 0 Å². The third-order valence-electron chi connectivity index (χ3n) is 5.21. The van der Waals surface area contributed by atoms with Crippen LogP contribution in [0.2, 0.25) is 0 Å². The maximum atomic E-state index is 11.5. The summed E-state index contributed by atoms with van der Waals surface area (Å²) in [4.78, 5) is 11.5. The number of hydrogen-bond donors (Lipinski definition) is 1. The second-order valence-corrected chi connectivity index (χ2v) is 7.73. The molecule has 1 heterocycles. The van der Waals surface area contributed by atoms with Crippen LogP contribution in [0.25, 0.3) is 0 Å². The van der Waals surface area contributed by atoms with E-state index in [4.69, 9.17) is 14.6 Å². The first-order chi connectivity index (χ1) is 12.8. The van der Waals surface area contributed by atoms with Crippen LogP contribution in [-0.2, 0) is 79.7 Å². The summed E-state index contributed by atoms with van der Waals surface area (Å²) in [5.74, 6) is -0.0909. The van der Waals surface area contributed by atoms with Crippen molar-refractivity contribution in [2.75, 3.05) is 13.2 Å². The van der Waals surface area contributed by atoms with Gasteiger partial charge in [0, 0.05) is 78.4 Å². The van der Waals surface area contributed by atoms with Crippen LogP contribution in [0.5, 0.6) is 0 Å². The quantitative estimate of drug-likeness (QED) is 0.131. The topological polar surface area (TPSA) is 59.1 Å². The fourth-order valence-corrected chi connectivity index (χ4v) is 3.43. The van der Waals surface area contributed by atoms with Crippen LogP contribution in [0.4, 0.5) is 0 Å². The first-order valence-electron chi connectivity index (χ1n) is 11.2. The van der Waals surface area contributed by atoms with Crippen LogP contribution in [0.15, 0.2) is 0 Å². The zero-order valence-corrected chi connectivity index (χ0v) is 23.9. The normalized spacial score (nSPS) is 17.5. The van der Waals surface area contributed by atoms with Crippen molar-refractivity contribution < 1.29 is 84.8 Å². The molecule has 1 aliphatic heterocycles. The molecule has 0 spiro atoms. The molecule has 0 saturated carbocycles. The second-order valence-electron chi connectivity index (χ2n) is 7.73. The first kappa shape index (κ1) is 31.8. The van der Waals surface area contributed by atoms with Gasteiger partial charge in [0.15, 0.2) is 0 Å². The number of esters is 1. The molecule has 0 aromatic heterocycles. The van der Waals surface area contributed by atoms with Crippen molar-refractivity contribution in [2.24, 2.45) is 0 Å². The Labute approximate surface area is 223 Å². The fraction of sp³-hybridized carbons (Fsp3) is 0.955. The van der Waals surface area contributed by atoms with Crippen LogP contribution in [0, 0.1) is 0 Å². The van der Waals surface area contributed by atoms with Gasteiger partial charge in [-0.15, -0.1) is 0 Å². The summed E-state index contributed by atoms with van der Waals surface area (Å²) in [6.45, 7) is 2.88. The van der Waals surface area contributed by atoms with Crippen molar-refractivity contribution in [3.8, 4) is 0 Å². The van der Waals surface area contributed by atoms with E-state index < -0.39 is 0 Å². The van der Waals surface area contributed by atoms with Gasteiger partial charge in [0.25, 0.3) is 0 Å². The van der Waals surface area contributed by atoms with Gasteiger partial charge in [-0.25, -0.2) is 0 Å². The third-order valence-corrected chi connectivity index (χ3v) is 5.21. The molecule has 28 heavy (non-hydrogen) atoms. The average molecular weight is 548 g/mol. The standard InChI is InChI=1S/C22H42O4.2Y/c1-2-3-4-5-7-10-15-20-21(26-20)16-11-8-6-9-12-17-22(24)25-19-14-13-18-23;;/h20-21,23H,2-19H2,1H3;;. The number of rotatable bonds is 19. The van der Waals surface area contributed by atoms with E-state index >= 15 is 0 Å². The van der Waals surface area contributed by atoms with Crippen LogP contribution in [0.1, 0.15) is 110 Å². The van der Waals surface area contributed by atoms with Gasteiger partial charge in [0.1, 0.15) is 0 Å². The molecule has 6 heteroatoms. The summed E-state index contributed by atoms with van der Waals surface area (Å²) in [7, 11) is 0. The molecule has 1 N–H and O–H groups in total. The summed E-state index contributed by atoms with van der Waals surface area (Å²) in [6.07, 6.45) is 19.5. The zero-order chi connectivity index (χ0) is 18.9. The number of epoxide rings is 1. The summed E-state index contributed by atoms with van der Waals surface area (Å²) >= 11 is 0. The molecular formula is C22H42O4Y2. The Hall–Kier alpha value is 1.60. The van der Waals surface area contributed by atoms with Crippen LogP contribution < -0.4 is 0 Å². The molecular weight excluding hydrogens is 506 g/mol. The van der Waals surface area contributed by atoms with Crippen LogP contribution in [-0.4, -0.2) is 36.5 Å². The molecule has 2 atom stereocenters. The predicted octanol–water partition coefficient (Wildman–Crippen LogP) is 5.55. The summed E-state index contributed by atoms with van der Waals surface area (Å²) < 4.78 is 10.9. The molecule has 4 nitrogen and oxygen atoms in total. The Kier molecular flexibility index (Phi) is 26.4. The van der Waals surface area contributed by atoms with E-state index in [2.05, 4.69) is 6.92 Å². The van der Waals surface area contributed by atoms with Gasteiger partial charge >= 0.3 is 5.97 Å². The Morgan fingerprint density at radius 2 is 1.32 bits per heavy atom. The number of unbranched alkanes of at least 4 members (excludes halogenated alkanes) is 10. The number of hydrogen-bond acceptors (Lipinski definition) is 4. The first-order valence-corrected chi connectivity index (χ1v) is 11.2. The third kappa shape index (κ3) is 19.6. The van der Waals surface area contributed by atoms with E-state index in [-0.39, 0.29) is 78.0 Å². The fourth-order valence-electron chi connectivity index (χ4n) is 3.43. The molecule has 2 unspecified atom stereocenters. The van der Waals surface area contributed by atoms with Crippen molar-refractivity contribution in [1.29, 1.82) is 0 Å². The maximum absolute atomic E-state index is 11.5. The van der Waals surface area contributed by atoms with E-state index in [0.29, 0.717) is 31.7 Å². The molecule has 0 amide bonds. The van der Waals surface area contributed by atoms with Gasteiger partial charge in [0.2, 0.25) is 0 Å². The van der Waals surface area contributed by atoms with Gasteiger partial charge in [0.05, 0.1) is 18.8 Å². The smallest absolute Gasteiger partial charge is 0.305 e. The van der Waals surface area contributed by atoms with Gasteiger partial charge in [-0.1, -0.05) is 71.1 Å². The Bertz CT molecular complexity index is 342. The molecule has 2 radical (unpaired) electrons. The van der Waals surface area contributed by atoms with E-state index in [1.165, 1.54) is 70.6 Å². The maximum Gasteiger partial charge on any atom is 0.305 e. The van der Waals surface area contributed by atoms with Crippen LogP contribution in [0.3, 0.4) is 0 Å². The Balaban J connectivity index is 0. The summed E-state index contributed by atoms with van der Waals surface area (Å²) in [5, 5.41) is 8.65.